The zero-order valence-electron chi connectivity index (χ0n) is 29.3. The molecule has 0 radical (unpaired) electrons. The van der Waals surface area contributed by atoms with Crippen LogP contribution in [0, 0.1) is 45.3 Å². The highest BCUT2D eigenvalue weighted by atomic mass is 16.7. The van der Waals surface area contributed by atoms with E-state index in [1.165, 1.54) is 0 Å². The van der Waals surface area contributed by atoms with Gasteiger partial charge in [0.1, 0.15) is 24.4 Å². The number of aliphatic hydroxyl groups is 7. The molecule has 0 aromatic rings. The lowest BCUT2D eigenvalue weighted by Gasteiger charge is -2.68. The number of hydrogen-bond donors (Lipinski definition) is 7. The van der Waals surface area contributed by atoms with Gasteiger partial charge in [-0.1, -0.05) is 20.8 Å². The zero-order valence-corrected chi connectivity index (χ0v) is 29.3. The summed E-state index contributed by atoms with van der Waals surface area (Å²) in [5, 5.41) is 74.8. The molecule has 6 fully saturated rings. The van der Waals surface area contributed by atoms with Gasteiger partial charge in [-0.3, -0.25) is 4.79 Å². The molecule has 2 saturated heterocycles. The molecular weight excluding hydrogens is 608 g/mol. The summed E-state index contributed by atoms with van der Waals surface area (Å²) in [6.07, 6.45) is -3.09. The van der Waals surface area contributed by atoms with Gasteiger partial charge in [-0.2, -0.15) is 0 Å². The third-order valence-corrected chi connectivity index (χ3v) is 15.6. The molecular formula is C36H60O11. The number of hydrogen-bond acceptors (Lipinski definition) is 11. The van der Waals surface area contributed by atoms with Crippen molar-refractivity contribution in [1.82, 2.24) is 0 Å². The standard InChI is InChI=1S/C36H60O11/c1-31(2,44)25-12-15-34(5,47-25)21-11-14-32(3)18-8-9-22-35(6,19(18)10-13-33(21,32)4)23(38)16-24(39)36(22,7)30(43)46-29-28(42)27(41)26(40)20(17-37)45-29/h18-29,37-42,44H,8-17H2,1-7H3/t18-,19+,20-,21+,22+,23+,24-,25+,26-,27+,28-,29+,32+,33-,34+,35-,36-/m0/s1. The molecule has 0 aromatic carbocycles. The number of rotatable bonds is 5. The molecule has 2 heterocycles. The van der Waals surface area contributed by atoms with Crippen LogP contribution < -0.4 is 0 Å². The fourth-order valence-electron chi connectivity index (χ4n) is 12.4. The zero-order chi connectivity index (χ0) is 34.7. The van der Waals surface area contributed by atoms with Gasteiger partial charge < -0.3 is 50.0 Å². The summed E-state index contributed by atoms with van der Waals surface area (Å²) >= 11 is 0. The molecule has 47 heavy (non-hydrogen) atoms. The Balaban J connectivity index is 1.27. The van der Waals surface area contributed by atoms with Crippen LogP contribution in [-0.2, 0) is 19.0 Å². The number of esters is 1. The van der Waals surface area contributed by atoms with Gasteiger partial charge in [0, 0.05) is 11.8 Å². The van der Waals surface area contributed by atoms with Crippen LogP contribution in [0.2, 0.25) is 0 Å². The van der Waals surface area contributed by atoms with Crippen molar-refractivity contribution in [2.75, 3.05) is 6.61 Å². The number of fused-ring (bicyclic) bond motifs is 5. The SMILES string of the molecule is CC(C)(O)[C@H]1CC[C@](C)([C@@H]2CC[C@]3(C)[C@H]4CC[C@H]5[C@](C)(C(=O)O[C@H]6O[C@@H](CO)[C@H](O)[C@@H](O)[C@@H]6O)[C@@H](O)C[C@@H](O)[C@@]5(C)[C@@H]4CC[C@@]23C)O1. The molecule has 7 N–H and O–H groups in total. The van der Waals surface area contributed by atoms with Crippen molar-refractivity contribution in [2.24, 2.45) is 45.3 Å². The van der Waals surface area contributed by atoms with Crippen molar-refractivity contribution in [3.8, 4) is 0 Å². The Kier molecular flexibility index (Phi) is 8.84. The molecule has 4 saturated carbocycles. The molecule has 0 bridgehead atoms. The van der Waals surface area contributed by atoms with Crippen molar-refractivity contribution in [3.05, 3.63) is 0 Å². The van der Waals surface area contributed by atoms with Gasteiger partial charge in [0.05, 0.1) is 41.5 Å². The first kappa shape index (κ1) is 35.9. The van der Waals surface area contributed by atoms with Crippen molar-refractivity contribution in [1.29, 1.82) is 0 Å². The number of ether oxygens (including phenoxy) is 3. The Hall–Kier alpha value is -0.890. The van der Waals surface area contributed by atoms with E-state index in [-0.39, 0.29) is 40.8 Å². The van der Waals surface area contributed by atoms with Gasteiger partial charge in [0.15, 0.2) is 0 Å². The van der Waals surface area contributed by atoms with Crippen molar-refractivity contribution in [3.63, 3.8) is 0 Å². The van der Waals surface area contributed by atoms with Gasteiger partial charge in [0.2, 0.25) is 6.29 Å². The summed E-state index contributed by atoms with van der Waals surface area (Å²) in [6.45, 7) is 13.9. The Labute approximate surface area is 279 Å². The lowest BCUT2D eigenvalue weighted by Crippen LogP contribution is -2.69. The minimum Gasteiger partial charge on any atom is -0.432 e. The van der Waals surface area contributed by atoms with Crippen molar-refractivity contribution in [2.45, 2.75) is 166 Å². The molecule has 0 spiro atoms. The molecule has 6 aliphatic rings. The van der Waals surface area contributed by atoms with Crippen LogP contribution in [0.1, 0.15) is 106 Å². The maximum Gasteiger partial charge on any atom is 0.317 e. The maximum absolute atomic E-state index is 14.1. The Morgan fingerprint density at radius 1 is 0.787 bits per heavy atom. The van der Waals surface area contributed by atoms with Crippen molar-refractivity contribution >= 4 is 5.97 Å². The second kappa shape index (κ2) is 11.6. The normalized spacial score (nSPS) is 56.4. The van der Waals surface area contributed by atoms with E-state index in [0.717, 1.165) is 44.9 Å². The van der Waals surface area contributed by atoms with Crippen LogP contribution in [0.15, 0.2) is 0 Å². The third kappa shape index (κ3) is 4.95. The average molecular weight is 669 g/mol. The summed E-state index contributed by atoms with van der Waals surface area (Å²) in [5.41, 5.74) is -3.40. The Morgan fingerprint density at radius 2 is 1.45 bits per heavy atom. The van der Waals surface area contributed by atoms with E-state index in [1.807, 2.05) is 13.8 Å². The van der Waals surface area contributed by atoms with Crippen LogP contribution >= 0.6 is 0 Å². The van der Waals surface area contributed by atoms with Gasteiger partial charge in [-0.15, -0.1) is 0 Å². The molecule has 0 unspecified atom stereocenters. The topological polar surface area (TPSA) is 186 Å². The van der Waals surface area contributed by atoms with E-state index in [0.29, 0.717) is 12.3 Å². The molecule has 2 aliphatic heterocycles. The molecule has 6 rings (SSSR count). The second-order valence-corrected chi connectivity index (χ2v) is 17.9. The summed E-state index contributed by atoms with van der Waals surface area (Å²) in [6, 6.07) is 0. The molecule has 270 valence electrons. The molecule has 0 aromatic heterocycles. The smallest absolute Gasteiger partial charge is 0.317 e. The van der Waals surface area contributed by atoms with Gasteiger partial charge in [-0.25, -0.2) is 0 Å². The molecule has 11 nitrogen and oxygen atoms in total. The number of carbonyl (C=O) groups is 1. The summed E-state index contributed by atoms with van der Waals surface area (Å²) in [7, 11) is 0. The first-order valence-electron chi connectivity index (χ1n) is 18.0. The summed E-state index contributed by atoms with van der Waals surface area (Å²) < 4.78 is 17.9. The average Bonchev–Trinajstić information content (AvgIpc) is 3.54. The summed E-state index contributed by atoms with van der Waals surface area (Å²) in [5.74, 6) is -0.507. The molecule has 0 amide bonds. The van der Waals surface area contributed by atoms with E-state index in [1.54, 1.807) is 6.92 Å². The predicted octanol–water partition coefficient (Wildman–Crippen LogP) is 2.03. The van der Waals surface area contributed by atoms with E-state index in [4.69, 9.17) is 14.2 Å². The highest BCUT2D eigenvalue weighted by Crippen LogP contribution is 2.75. The fraction of sp³-hybridized carbons (Fsp3) is 0.972. The van der Waals surface area contributed by atoms with Crippen LogP contribution in [0.25, 0.3) is 0 Å². The van der Waals surface area contributed by atoms with Crippen LogP contribution in [-0.4, -0.2) is 109 Å². The molecule has 11 heteroatoms. The first-order chi connectivity index (χ1) is 21.7. The number of carbonyl (C=O) groups excluding carboxylic acids is 1. The quantitative estimate of drug-likeness (QED) is 0.213. The van der Waals surface area contributed by atoms with Crippen molar-refractivity contribution < 1.29 is 54.8 Å². The predicted molar refractivity (Wildman–Crippen MR) is 169 cm³/mol. The van der Waals surface area contributed by atoms with E-state index >= 15 is 0 Å². The number of aliphatic hydroxyl groups excluding tert-OH is 6. The molecule has 4 aliphatic carbocycles. The fourth-order valence-corrected chi connectivity index (χ4v) is 12.4. The van der Waals surface area contributed by atoms with Crippen LogP contribution in [0.3, 0.4) is 0 Å². The second-order valence-electron chi connectivity index (χ2n) is 17.9. The van der Waals surface area contributed by atoms with Crippen LogP contribution in [0.4, 0.5) is 0 Å². The maximum atomic E-state index is 14.1. The largest absolute Gasteiger partial charge is 0.432 e. The molecule has 17 atom stereocenters. The van der Waals surface area contributed by atoms with E-state index < -0.39 is 77.8 Å². The highest BCUT2D eigenvalue weighted by molar-refractivity contribution is 5.78. The van der Waals surface area contributed by atoms with Gasteiger partial charge >= 0.3 is 5.97 Å². The minimum atomic E-state index is -1.75. The van der Waals surface area contributed by atoms with E-state index in [9.17, 15) is 40.5 Å². The van der Waals surface area contributed by atoms with Crippen LogP contribution in [0.5, 0.6) is 0 Å². The monoisotopic (exact) mass is 668 g/mol. The first-order valence-corrected chi connectivity index (χ1v) is 18.0. The lowest BCUT2D eigenvalue weighted by molar-refractivity contribution is -0.303. The lowest BCUT2D eigenvalue weighted by atomic mass is 9.37. The Bertz CT molecular complexity index is 1210. The third-order valence-electron chi connectivity index (χ3n) is 15.6. The summed E-state index contributed by atoms with van der Waals surface area (Å²) in [4.78, 5) is 14.1. The highest BCUT2D eigenvalue weighted by Gasteiger charge is 2.73. The van der Waals surface area contributed by atoms with E-state index in [2.05, 4.69) is 27.7 Å². The van der Waals surface area contributed by atoms with Gasteiger partial charge in [-0.05, 0) is 114 Å². The minimum absolute atomic E-state index is 0.00263. The van der Waals surface area contributed by atoms with Gasteiger partial charge in [0.25, 0.3) is 0 Å². The Morgan fingerprint density at radius 3 is 2.06 bits per heavy atom.